The van der Waals surface area contributed by atoms with Crippen LogP contribution < -0.4 is 5.32 Å². The number of hydrogen-bond acceptors (Lipinski definition) is 2. The molecule has 0 radical (unpaired) electrons. The summed E-state index contributed by atoms with van der Waals surface area (Å²) in [5.41, 5.74) is 0.603. The average molecular weight is 347 g/mol. The van der Waals surface area contributed by atoms with Crippen molar-refractivity contribution >= 4 is 27.5 Å². The zero-order chi connectivity index (χ0) is 13.7. The third-order valence-corrected chi connectivity index (χ3v) is 4.82. The summed E-state index contributed by atoms with van der Waals surface area (Å²) in [6, 6.07) is 5.78. The van der Waals surface area contributed by atoms with E-state index >= 15 is 0 Å². The van der Waals surface area contributed by atoms with Crippen molar-refractivity contribution in [2.45, 2.75) is 50.7 Å². The topological polar surface area (TPSA) is 32.3 Å². The van der Waals surface area contributed by atoms with Crippen molar-refractivity contribution in [2.24, 2.45) is 0 Å². The molecule has 0 aromatic heterocycles. The van der Waals surface area contributed by atoms with Gasteiger partial charge in [-0.25, -0.2) is 0 Å². The lowest BCUT2D eigenvalue weighted by molar-refractivity contribution is 0.0250. The van der Waals surface area contributed by atoms with Crippen LogP contribution in [0.2, 0.25) is 5.02 Å². The van der Waals surface area contributed by atoms with Gasteiger partial charge in [-0.05, 0) is 36.6 Å². The highest BCUT2D eigenvalue weighted by atomic mass is 79.9. The second-order valence-electron chi connectivity index (χ2n) is 5.48. The molecule has 1 aliphatic carbocycles. The third kappa shape index (κ3) is 4.75. The molecule has 1 aromatic carbocycles. The smallest absolute Gasteiger partial charge is 0.0771 e. The predicted octanol–water partition coefficient (Wildman–Crippen LogP) is 4.28. The van der Waals surface area contributed by atoms with Crippen LogP contribution in [0.1, 0.15) is 44.1 Å². The fraction of sp³-hybridized carbons (Fsp3) is 0.600. The minimum absolute atomic E-state index is 0.526. The van der Waals surface area contributed by atoms with Crippen molar-refractivity contribution in [2.75, 3.05) is 6.54 Å². The fourth-order valence-corrected chi connectivity index (χ4v) is 3.25. The van der Waals surface area contributed by atoms with Crippen LogP contribution in [-0.2, 0) is 6.54 Å². The summed E-state index contributed by atoms with van der Waals surface area (Å²) < 4.78 is 1.05. The lowest BCUT2D eigenvalue weighted by Gasteiger charge is -2.27. The van der Waals surface area contributed by atoms with Crippen molar-refractivity contribution < 1.29 is 5.11 Å². The monoisotopic (exact) mass is 345 g/mol. The van der Waals surface area contributed by atoms with Crippen LogP contribution in [0.25, 0.3) is 0 Å². The molecule has 1 saturated carbocycles. The van der Waals surface area contributed by atoms with E-state index < -0.39 is 5.60 Å². The number of aliphatic hydroxyl groups is 1. The van der Waals surface area contributed by atoms with Gasteiger partial charge in [0.2, 0.25) is 0 Å². The van der Waals surface area contributed by atoms with Crippen molar-refractivity contribution in [1.82, 2.24) is 5.32 Å². The standard InChI is InChI=1S/C15H21BrClNO/c16-14-6-5-13(17)9-12(14)10-18-11-15(19)7-3-1-2-4-8-15/h5-6,9,18-19H,1-4,7-8,10-11H2. The summed E-state index contributed by atoms with van der Waals surface area (Å²) in [5, 5.41) is 14.7. The Bertz CT molecular complexity index is 417. The maximum atomic E-state index is 10.6. The van der Waals surface area contributed by atoms with E-state index in [-0.39, 0.29) is 0 Å². The molecule has 2 N–H and O–H groups in total. The molecular weight excluding hydrogens is 326 g/mol. The highest BCUT2D eigenvalue weighted by Crippen LogP contribution is 2.27. The summed E-state index contributed by atoms with van der Waals surface area (Å²) in [5.74, 6) is 0. The Hall–Kier alpha value is -0.0900. The molecule has 0 spiro atoms. The number of rotatable bonds is 4. The van der Waals surface area contributed by atoms with E-state index in [4.69, 9.17) is 11.6 Å². The van der Waals surface area contributed by atoms with E-state index in [1.165, 1.54) is 12.8 Å². The van der Waals surface area contributed by atoms with E-state index in [2.05, 4.69) is 21.2 Å². The first-order valence-corrected chi connectivity index (χ1v) is 8.13. The first-order valence-electron chi connectivity index (χ1n) is 6.96. The zero-order valence-electron chi connectivity index (χ0n) is 11.1. The molecule has 1 fully saturated rings. The Morgan fingerprint density at radius 1 is 1.21 bits per heavy atom. The molecule has 0 amide bonds. The van der Waals surface area contributed by atoms with Crippen LogP contribution in [-0.4, -0.2) is 17.3 Å². The molecule has 0 saturated heterocycles. The molecule has 106 valence electrons. The van der Waals surface area contributed by atoms with Crippen LogP contribution in [0.3, 0.4) is 0 Å². The zero-order valence-corrected chi connectivity index (χ0v) is 13.4. The minimum Gasteiger partial charge on any atom is -0.389 e. The molecule has 4 heteroatoms. The average Bonchev–Trinajstić information content (AvgIpc) is 2.59. The van der Waals surface area contributed by atoms with Gasteiger partial charge in [0, 0.05) is 22.6 Å². The molecular formula is C15H21BrClNO. The largest absolute Gasteiger partial charge is 0.389 e. The van der Waals surface area contributed by atoms with Gasteiger partial charge < -0.3 is 10.4 Å². The highest BCUT2D eigenvalue weighted by molar-refractivity contribution is 9.10. The highest BCUT2D eigenvalue weighted by Gasteiger charge is 2.27. The minimum atomic E-state index is -0.526. The van der Waals surface area contributed by atoms with Crippen molar-refractivity contribution in [3.8, 4) is 0 Å². The van der Waals surface area contributed by atoms with Crippen molar-refractivity contribution in [1.29, 1.82) is 0 Å². The van der Waals surface area contributed by atoms with Crippen molar-refractivity contribution in [3.63, 3.8) is 0 Å². The Morgan fingerprint density at radius 3 is 2.58 bits per heavy atom. The number of nitrogens with one attached hydrogen (secondary N) is 1. The lowest BCUT2D eigenvalue weighted by Crippen LogP contribution is -2.39. The number of halogens is 2. The maximum absolute atomic E-state index is 10.6. The van der Waals surface area contributed by atoms with E-state index in [9.17, 15) is 5.11 Å². The summed E-state index contributed by atoms with van der Waals surface area (Å²) >= 11 is 9.52. The summed E-state index contributed by atoms with van der Waals surface area (Å²) in [7, 11) is 0. The second kappa shape index (κ2) is 7.07. The molecule has 2 rings (SSSR count). The molecule has 0 bridgehead atoms. The van der Waals surface area contributed by atoms with Gasteiger partial charge in [0.05, 0.1) is 5.60 Å². The van der Waals surface area contributed by atoms with Gasteiger partial charge in [0.1, 0.15) is 0 Å². The summed E-state index contributed by atoms with van der Waals surface area (Å²) in [4.78, 5) is 0. The van der Waals surface area contributed by atoms with Crippen LogP contribution in [0, 0.1) is 0 Å². The Balaban J connectivity index is 1.86. The molecule has 0 atom stereocenters. The lowest BCUT2D eigenvalue weighted by atomic mass is 9.94. The van der Waals surface area contributed by atoms with Crippen LogP contribution >= 0.6 is 27.5 Å². The Labute approximate surface area is 128 Å². The van der Waals surface area contributed by atoms with Crippen LogP contribution in [0.15, 0.2) is 22.7 Å². The van der Waals surface area contributed by atoms with Gasteiger partial charge >= 0.3 is 0 Å². The van der Waals surface area contributed by atoms with Gasteiger partial charge in [-0.1, -0.05) is 53.2 Å². The van der Waals surface area contributed by atoms with Gasteiger partial charge in [-0.15, -0.1) is 0 Å². The number of hydrogen-bond donors (Lipinski definition) is 2. The molecule has 0 heterocycles. The summed E-state index contributed by atoms with van der Waals surface area (Å²) in [6.45, 7) is 1.38. The Kier molecular flexibility index (Phi) is 5.70. The third-order valence-electron chi connectivity index (χ3n) is 3.81. The fourth-order valence-electron chi connectivity index (χ4n) is 2.67. The quantitative estimate of drug-likeness (QED) is 0.798. The first-order chi connectivity index (χ1) is 9.09. The van der Waals surface area contributed by atoms with E-state index in [1.54, 1.807) is 0 Å². The summed E-state index contributed by atoms with van der Waals surface area (Å²) in [6.07, 6.45) is 6.61. The molecule has 1 aliphatic rings. The first kappa shape index (κ1) is 15.3. The number of benzene rings is 1. The molecule has 1 aromatic rings. The van der Waals surface area contributed by atoms with Gasteiger partial charge in [0.25, 0.3) is 0 Å². The molecule has 0 unspecified atom stereocenters. The normalized spacial score (nSPS) is 19.1. The SMILES string of the molecule is OC1(CNCc2cc(Cl)ccc2Br)CCCCCC1. The van der Waals surface area contributed by atoms with Crippen LogP contribution in [0.4, 0.5) is 0 Å². The Morgan fingerprint density at radius 2 is 1.89 bits per heavy atom. The van der Waals surface area contributed by atoms with Crippen molar-refractivity contribution in [3.05, 3.63) is 33.3 Å². The van der Waals surface area contributed by atoms with Gasteiger partial charge in [0.15, 0.2) is 0 Å². The molecule has 19 heavy (non-hydrogen) atoms. The van der Waals surface area contributed by atoms with E-state index in [1.807, 2.05) is 18.2 Å². The maximum Gasteiger partial charge on any atom is 0.0771 e. The van der Waals surface area contributed by atoms with E-state index in [0.29, 0.717) is 6.54 Å². The van der Waals surface area contributed by atoms with Gasteiger partial charge in [-0.3, -0.25) is 0 Å². The van der Waals surface area contributed by atoms with Gasteiger partial charge in [-0.2, -0.15) is 0 Å². The molecule has 0 aliphatic heterocycles. The predicted molar refractivity (Wildman–Crippen MR) is 83.5 cm³/mol. The van der Waals surface area contributed by atoms with E-state index in [0.717, 1.165) is 47.3 Å². The molecule has 2 nitrogen and oxygen atoms in total. The second-order valence-corrected chi connectivity index (χ2v) is 6.77. The van der Waals surface area contributed by atoms with Crippen LogP contribution in [0.5, 0.6) is 0 Å².